The molecule has 1 saturated carbocycles. The van der Waals surface area contributed by atoms with E-state index in [0.29, 0.717) is 16.9 Å². The Bertz CT molecular complexity index is 887. The number of aryl methyl sites for hydroxylation is 1. The van der Waals surface area contributed by atoms with E-state index < -0.39 is 5.97 Å². The summed E-state index contributed by atoms with van der Waals surface area (Å²) in [6.45, 7) is 1.79. The van der Waals surface area contributed by atoms with Crippen LogP contribution in [0.5, 0.6) is 0 Å². The molecule has 0 spiro atoms. The van der Waals surface area contributed by atoms with Crippen LogP contribution in [-0.2, 0) is 4.79 Å². The number of anilines is 2. The minimum atomic E-state index is -1.06. The molecule has 2 aromatic carbocycles. The van der Waals surface area contributed by atoms with E-state index >= 15 is 0 Å². The first-order valence-electron chi connectivity index (χ1n) is 8.40. The zero-order valence-corrected chi connectivity index (χ0v) is 14.7. The number of para-hydroxylation sites is 1. The highest BCUT2D eigenvalue weighted by Gasteiger charge is 2.33. The molecule has 0 atom stereocenters. The smallest absolute Gasteiger partial charge is 0.335 e. The molecule has 0 aliphatic heterocycles. The lowest BCUT2D eigenvalue weighted by molar-refractivity contribution is -0.119. The van der Waals surface area contributed by atoms with Gasteiger partial charge in [-0.1, -0.05) is 18.2 Å². The maximum atomic E-state index is 12.8. The van der Waals surface area contributed by atoms with Crippen LogP contribution < -0.4 is 10.2 Å². The summed E-state index contributed by atoms with van der Waals surface area (Å²) in [6.07, 6.45) is 1.78. The average Bonchev–Trinajstić information content (AvgIpc) is 3.47. The van der Waals surface area contributed by atoms with Gasteiger partial charge in [0.2, 0.25) is 5.91 Å². The molecule has 0 bridgehead atoms. The summed E-state index contributed by atoms with van der Waals surface area (Å²) in [5.74, 6) is -1.39. The Morgan fingerprint density at radius 1 is 1.12 bits per heavy atom. The Morgan fingerprint density at radius 2 is 1.81 bits per heavy atom. The molecule has 3 rings (SSSR count). The molecule has 2 N–H and O–H groups in total. The van der Waals surface area contributed by atoms with E-state index in [9.17, 15) is 14.4 Å². The lowest BCUT2D eigenvalue weighted by atomic mass is 10.1. The molecule has 6 heteroatoms. The lowest BCUT2D eigenvalue weighted by Crippen LogP contribution is -2.30. The van der Waals surface area contributed by atoms with Gasteiger partial charge in [-0.3, -0.25) is 9.59 Å². The number of carbonyl (C=O) groups excluding carboxylic acids is 2. The van der Waals surface area contributed by atoms with Gasteiger partial charge in [-0.25, -0.2) is 4.79 Å². The van der Waals surface area contributed by atoms with E-state index in [-0.39, 0.29) is 23.3 Å². The third-order valence-electron chi connectivity index (χ3n) is 4.50. The molecule has 2 amide bonds. The Balaban J connectivity index is 1.88. The van der Waals surface area contributed by atoms with Crippen molar-refractivity contribution >= 4 is 29.2 Å². The van der Waals surface area contributed by atoms with Crippen LogP contribution >= 0.6 is 0 Å². The van der Waals surface area contributed by atoms with Crippen LogP contribution in [0.1, 0.15) is 39.1 Å². The number of carbonyl (C=O) groups is 3. The monoisotopic (exact) mass is 352 g/mol. The van der Waals surface area contributed by atoms with E-state index in [1.165, 1.54) is 17.0 Å². The molecular formula is C20H20N2O4. The summed E-state index contributed by atoms with van der Waals surface area (Å²) in [5, 5.41) is 11.9. The van der Waals surface area contributed by atoms with E-state index in [0.717, 1.165) is 18.4 Å². The van der Waals surface area contributed by atoms with Crippen LogP contribution in [0.2, 0.25) is 0 Å². The maximum Gasteiger partial charge on any atom is 0.335 e. The highest BCUT2D eigenvalue weighted by Crippen LogP contribution is 2.33. The highest BCUT2D eigenvalue weighted by atomic mass is 16.4. The van der Waals surface area contributed by atoms with Gasteiger partial charge >= 0.3 is 5.97 Å². The van der Waals surface area contributed by atoms with Crippen molar-refractivity contribution in [2.75, 3.05) is 17.3 Å². The molecule has 1 aliphatic carbocycles. The number of carboxylic acids is 1. The van der Waals surface area contributed by atoms with Gasteiger partial charge in [0, 0.05) is 18.7 Å². The summed E-state index contributed by atoms with van der Waals surface area (Å²) in [6, 6.07) is 11.5. The van der Waals surface area contributed by atoms with Gasteiger partial charge < -0.3 is 15.3 Å². The van der Waals surface area contributed by atoms with E-state index in [2.05, 4.69) is 5.32 Å². The first-order chi connectivity index (χ1) is 12.4. The number of hydrogen-bond acceptors (Lipinski definition) is 3. The number of hydrogen-bond donors (Lipinski definition) is 2. The second-order valence-electron chi connectivity index (χ2n) is 6.48. The zero-order valence-electron chi connectivity index (χ0n) is 14.7. The molecule has 134 valence electrons. The van der Waals surface area contributed by atoms with Gasteiger partial charge in [0.1, 0.15) is 0 Å². The van der Waals surface area contributed by atoms with Crippen molar-refractivity contribution in [3.8, 4) is 0 Å². The van der Waals surface area contributed by atoms with Crippen molar-refractivity contribution < 1.29 is 19.5 Å². The number of benzene rings is 2. The number of rotatable bonds is 5. The van der Waals surface area contributed by atoms with Gasteiger partial charge in [0.15, 0.2) is 0 Å². The second kappa shape index (κ2) is 7.00. The van der Waals surface area contributed by atoms with Gasteiger partial charge in [-0.05, 0) is 49.6 Å². The van der Waals surface area contributed by atoms with Crippen molar-refractivity contribution in [3.05, 3.63) is 59.2 Å². The largest absolute Gasteiger partial charge is 0.478 e. The van der Waals surface area contributed by atoms with Crippen LogP contribution in [0.25, 0.3) is 0 Å². The molecule has 0 radical (unpaired) electrons. The first-order valence-corrected chi connectivity index (χ1v) is 8.40. The normalized spacial score (nSPS) is 13.2. The average molecular weight is 352 g/mol. The van der Waals surface area contributed by atoms with Gasteiger partial charge in [0.25, 0.3) is 5.91 Å². The molecule has 2 aromatic rings. The summed E-state index contributed by atoms with van der Waals surface area (Å²) in [5.41, 5.74) is 2.18. The molecule has 1 fully saturated rings. The van der Waals surface area contributed by atoms with Crippen LogP contribution in [0, 0.1) is 12.8 Å². The van der Waals surface area contributed by atoms with Crippen LogP contribution in [0.15, 0.2) is 42.5 Å². The number of carboxylic acid groups (broad SMARTS) is 1. The van der Waals surface area contributed by atoms with Gasteiger partial charge in [-0.2, -0.15) is 0 Å². The predicted octanol–water partition coefficient (Wildman–Crippen LogP) is 3.32. The van der Waals surface area contributed by atoms with E-state index in [1.807, 2.05) is 0 Å². The number of nitrogens with one attached hydrogen (secondary N) is 1. The Morgan fingerprint density at radius 3 is 2.46 bits per heavy atom. The molecule has 0 aromatic heterocycles. The quantitative estimate of drug-likeness (QED) is 0.864. The molecule has 0 heterocycles. The Hall–Kier alpha value is -3.15. The lowest BCUT2D eigenvalue weighted by Gasteiger charge is -2.20. The fourth-order valence-corrected chi connectivity index (χ4v) is 2.76. The highest BCUT2D eigenvalue weighted by molar-refractivity contribution is 6.11. The topological polar surface area (TPSA) is 86.7 Å². The van der Waals surface area contributed by atoms with Crippen molar-refractivity contribution in [1.82, 2.24) is 0 Å². The molecule has 6 nitrogen and oxygen atoms in total. The van der Waals surface area contributed by atoms with Crippen molar-refractivity contribution in [3.63, 3.8) is 0 Å². The summed E-state index contributed by atoms with van der Waals surface area (Å²) in [7, 11) is 1.67. The molecule has 0 unspecified atom stereocenters. The third kappa shape index (κ3) is 3.59. The minimum absolute atomic E-state index is 0.00862. The number of aromatic carboxylic acids is 1. The van der Waals surface area contributed by atoms with Crippen molar-refractivity contribution in [1.29, 1.82) is 0 Å². The van der Waals surface area contributed by atoms with Crippen LogP contribution in [0.4, 0.5) is 11.4 Å². The van der Waals surface area contributed by atoms with Gasteiger partial charge in [0.05, 0.1) is 16.8 Å². The van der Waals surface area contributed by atoms with Gasteiger partial charge in [-0.15, -0.1) is 0 Å². The fraction of sp³-hybridized carbons (Fsp3) is 0.250. The molecule has 1 aliphatic rings. The molecule has 26 heavy (non-hydrogen) atoms. The zero-order chi connectivity index (χ0) is 18.8. The van der Waals surface area contributed by atoms with Crippen molar-refractivity contribution in [2.24, 2.45) is 5.92 Å². The number of nitrogens with zero attached hydrogens (tertiary/aromatic N) is 1. The first kappa shape index (κ1) is 17.7. The maximum absolute atomic E-state index is 12.8. The number of amides is 2. The third-order valence-corrected chi connectivity index (χ3v) is 4.50. The fourth-order valence-electron chi connectivity index (χ4n) is 2.76. The Labute approximate surface area is 151 Å². The van der Waals surface area contributed by atoms with Crippen molar-refractivity contribution in [2.45, 2.75) is 19.8 Å². The molecular weight excluding hydrogens is 332 g/mol. The van der Waals surface area contributed by atoms with Crippen LogP contribution in [-0.4, -0.2) is 29.9 Å². The second-order valence-corrected chi connectivity index (χ2v) is 6.48. The van der Waals surface area contributed by atoms with Crippen LogP contribution in [0.3, 0.4) is 0 Å². The summed E-state index contributed by atoms with van der Waals surface area (Å²) >= 11 is 0. The summed E-state index contributed by atoms with van der Waals surface area (Å²) < 4.78 is 0. The predicted molar refractivity (Wildman–Crippen MR) is 98.7 cm³/mol. The minimum Gasteiger partial charge on any atom is -0.478 e. The van der Waals surface area contributed by atoms with E-state index in [1.54, 1.807) is 44.3 Å². The summed E-state index contributed by atoms with van der Waals surface area (Å²) in [4.78, 5) is 37.8. The SMILES string of the molecule is Cc1ccc(C(=O)O)cc1NC(=O)c1ccccc1N(C)C(=O)C1CC1. The molecule has 0 saturated heterocycles. The standard InChI is InChI=1S/C20H20N2O4/c1-12-7-8-14(20(25)26)11-16(12)21-18(23)15-5-3-4-6-17(15)22(2)19(24)13-9-10-13/h3-8,11,13H,9-10H2,1-2H3,(H,21,23)(H,25,26). The Kier molecular flexibility index (Phi) is 4.75. The van der Waals surface area contributed by atoms with E-state index in [4.69, 9.17) is 5.11 Å².